The van der Waals surface area contributed by atoms with Crippen LogP contribution in [0, 0.1) is 5.82 Å². The van der Waals surface area contributed by atoms with E-state index in [-0.39, 0.29) is 5.82 Å². The van der Waals surface area contributed by atoms with Crippen molar-refractivity contribution in [3.05, 3.63) is 47.5 Å². The lowest BCUT2D eigenvalue weighted by Gasteiger charge is -2.10. The fourth-order valence-corrected chi connectivity index (χ4v) is 1.85. The summed E-state index contributed by atoms with van der Waals surface area (Å²) in [5.41, 5.74) is 0.980. The van der Waals surface area contributed by atoms with E-state index >= 15 is 0 Å². The number of hydrogen-bond donors (Lipinski definition) is 2. The molecule has 1 heterocycles. The van der Waals surface area contributed by atoms with Crippen LogP contribution < -0.4 is 10.6 Å². The molecular weight excluding hydrogens is 271 g/mol. The van der Waals surface area contributed by atoms with Gasteiger partial charge in [0.05, 0.1) is 0 Å². The molecule has 0 unspecified atom stereocenters. The smallest absolute Gasteiger partial charge is 0.158 e. The minimum absolute atomic E-state index is 0.238. The first-order valence-corrected chi connectivity index (χ1v) is 6.80. The van der Waals surface area contributed by atoms with Crippen LogP contribution in [0.25, 0.3) is 0 Å². The normalized spacial score (nSPS) is 10.4. The molecule has 5 nitrogen and oxygen atoms in total. The molecular formula is C15H19FN4O. The van der Waals surface area contributed by atoms with Gasteiger partial charge >= 0.3 is 0 Å². The Morgan fingerprint density at radius 1 is 1.10 bits per heavy atom. The summed E-state index contributed by atoms with van der Waals surface area (Å²) in [5.74, 6) is 1.83. The predicted molar refractivity (Wildman–Crippen MR) is 80.6 cm³/mol. The molecule has 21 heavy (non-hydrogen) atoms. The molecule has 2 rings (SSSR count). The average Bonchev–Trinajstić information content (AvgIpc) is 2.47. The first-order valence-electron chi connectivity index (χ1n) is 6.80. The van der Waals surface area contributed by atoms with Gasteiger partial charge in [-0.2, -0.15) is 0 Å². The molecule has 0 fully saturated rings. The second-order valence-electron chi connectivity index (χ2n) is 4.50. The Labute approximate surface area is 123 Å². The molecule has 1 aromatic carbocycles. The number of hydrogen-bond acceptors (Lipinski definition) is 5. The number of nitrogens with zero attached hydrogens (tertiary/aromatic N) is 2. The zero-order chi connectivity index (χ0) is 15.1. The zero-order valence-electron chi connectivity index (χ0n) is 12.2. The zero-order valence-corrected chi connectivity index (χ0v) is 12.2. The molecule has 1 aromatic heterocycles. The Balaban J connectivity index is 2.08. The number of anilines is 2. The van der Waals surface area contributed by atoms with Gasteiger partial charge < -0.3 is 15.4 Å². The van der Waals surface area contributed by atoms with E-state index in [4.69, 9.17) is 4.74 Å². The third-order valence-corrected chi connectivity index (χ3v) is 2.79. The quantitative estimate of drug-likeness (QED) is 0.821. The number of halogens is 1. The first-order chi connectivity index (χ1) is 10.2. The first kappa shape index (κ1) is 15.2. The van der Waals surface area contributed by atoms with Crippen LogP contribution in [0.15, 0.2) is 30.3 Å². The van der Waals surface area contributed by atoms with Gasteiger partial charge in [0.1, 0.15) is 24.1 Å². The summed E-state index contributed by atoms with van der Waals surface area (Å²) in [7, 11) is 1.61. The van der Waals surface area contributed by atoms with E-state index in [1.165, 1.54) is 12.1 Å². The number of aromatic nitrogens is 2. The maximum absolute atomic E-state index is 12.9. The molecule has 0 aliphatic rings. The van der Waals surface area contributed by atoms with Crippen LogP contribution in [0.3, 0.4) is 0 Å². The Morgan fingerprint density at radius 3 is 2.38 bits per heavy atom. The Hall–Kier alpha value is -2.21. The van der Waals surface area contributed by atoms with Gasteiger partial charge in [0.2, 0.25) is 0 Å². The second kappa shape index (κ2) is 7.54. The van der Waals surface area contributed by atoms with E-state index < -0.39 is 0 Å². The maximum atomic E-state index is 12.9. The van der Waals surface area contributed by atoms with Crippen molar-refractivity contribution in [2.75, 3.05) is 24.3 Å². The van der Waals surface area contributed by atoms with E-state index in [1.54, 1.807) is 19.2 Å². The fraction of sp³-hybridized carbons (Fsp3) is 0.333. The van der Waals surface area contributed by atoms with E-state index in [9.17, 15) is 4.39 Å². The average molecular weight is 290 g/mol. The van der Waals surface area contributed by atoms with Crippen LogP contribution in [-0.4, -0.2) is 23.6 Å². The summed E-state index contributed by atoms with van der Waals surface area (Å²) in [4.78, 5) is 8.72. The monoisotopic (exact) mass is 290 g/mol. The van der Waals surface area contributed by atoms with E-state index in [0.717, 1.165) is 17.9 Å². The van der Waals surface area contributed by atoms with Gasteiger partial charge in [-0.3, -0.25) is 0 Å². The summed E-state index contributed by atoms with van der Waals surface area (Å²) in [6.45, 7) is 3.70. The molecule has 0 radical (unpaired) electrons. The Morgan fingerprint density at radius 2 is 1.76 bits per heavy atom. The number of rotatable bonds is 7. The molecule has 0 saturated heterocycles. The van der Waals surface area contributed by atoms with Crippen LogP contribution in [0.5, 0.6) is 0 Å². The molecule has 0 saturated carbocycles. The summed E-state index contributed by atoms with van der Waals surface area (Å²) in [6, 6.07) is 8.20. The van der Waals surface area contributed by atoms with Gasteiger partial charge in [0, 0.05) is 26.3 Å². The van der Waals surface area contributed by atoms with Crippen molar-refractivity contribution < 1.29 is 9.13 Å². The minimum Gasteiger partial charge on any atom is -0.377 e. The van der Waals surface area contributed by atoms with Crippen LogP contribution in [-0.2, 0) is 17.9 Å². The van der Waals surface area contributed by atoms with Crippen molar-refractivity contribution in [2.45, 2.75) is 20.1 Å². The standard InChI is InChI=1S/C15H19FN4O/c1-3-17-13-8-14(20-15(19-13)10-21-2)18-9-11-4-6-12(16)7-5-11/h4-8H,3,9-10H2,1-2H3,(H2,17,18,19,20). The summed E-state index contributed by atoms with van der Waals surface area (Å²) >= 11 is 0. The van der Waals surface area contributed by atoms with E-state index in [0.29, 0.717) is 24.8 Å². The Bertz CT molecular complexity index is 550. The molecule has 2 aromatic rings. The third-order valence-electron chi connectivity index (χ3n) is 2.79. The molecule has 112 valence electrons. The summed E-state index contributed by atoms with van der Waals surface area (Å²) in [6.07, 6.45) is 0. The van der Waals surface area contributed by atoms with Crippen molar-refractivity contribution >= 4 is 11.6 Å². The van der Waals surface area contributed by atoms with Crippen LogP contribution in [0.2, 0.25) is 0 Å². The highest BCUT2D eigenvalue weighted by Crippen LogP contribution is 2.13. The minimum atomic E-state index is -0.238. The van der Waals surface area contributed by atoms with Gasteiger partial charge in [0.15, 0.2) is 5.82 Å². The lowest BCUT2D eigenvalue weighted by molar-refractivity contribution is 0.178. The van der Waals surface area contributed by atoms with Crippen LogP contribution >= 0.6 is 0 Å². The van der Waals surface area contributed by atoms with Gasteiger partial charge in [-0.1, -0.05) is 12.1 Å². The van der Waals surface area contributed by atoms with Crippen molar-refractivity contribution in [3.8, 4) is 0 Å². The van der Waals surface area contributed by atoms with Gasteiger partial charge in [0.25, 0.3) is 0 Å². The third kappa shape index (κ3) is 4.68. The number of benzene rings is 1. The second-order valence-corrected chi connectivity index (χ2v) is 4.50. The lowest BCUT2D eigenvalue weighted by Crippen LogP contribution is -2.08. The van der Waals surface area contributed by atoms with Crippen molar-refractivity contribution in [2.24, 2.45) is 0 Å². The SMILES string of the molecule is CCNc1cc(NCc2ccc(F)cc2)nc(COC)n1. The van der Waals surface area contributed by atoms with Crippen molar-refractivity contribution in [1.82, 2.24) is 9.97 Å². The number of ether oxygens (including phenoxy) is 1. The van der Waals surface area contributed by atoms with E-state index in [2.05, 4.69) is 20.6 Å². The molecule has 0 aliphatic heterocycles. The lowest BCUT2D eigenvalue weighted by atomic mass is 10.2. The van der Waals surface area contributed by atoms with Crippen LogP contribution in [0.4, 0.5) is 16.0 Å². The largest absolute Gasteiger partial charge is 0.377 e. The molecule has 2 N–H and O–H groups in total. The predicted octanol–water partition coefficient (Wildman–Crippen LogP) is 2.81. The summed E-state index contributed by atoms with van der Waals surface area (Å²) < 4.78 is 17.9. The topological polar surface area (TPSA) is 59.1 Å². The van der Waals surface area contributed by atoms with Gasteiger partial charge in [-0.25, -0.2) is 14.4 Å². The van der Waals surface area contributed by atoms with Crippen molar-refractivity contribution in [3.63, 3.8) is 0 Å². The molecule has 0 amide bonds. The highest BCUT2D eigenvalue weighted by molar-refractivity contribution is 5.47. The molecule has 0 spiro atoms. The van der Waals surface area contributed by atoms with Gasteiger partial charge in [-0.05, 0) is 24.6 Å². The highest BCUT2D eigenvalue weighted by Gasteiger charge is 2.04. The number of methoxy groups -OCH3 is 1. The summed E-state index contributed by atoms with van der Waals surface area (Å²) in [5, 5.41) is 6.37. The van der Waals surface area contributed by atoms with Crippen molar-refractivity contribution in [1.29, 1.82) is 0 Å². The molecule has 0 atom stereocenters. The van der Waals surface area contributed by atoms with Crippen LogP contribution in [0.1, 0.15) is 18.3 Å². The number of nitrogens with one attached hydrogen (secondary N) is 2. The fourth-order valence-electron chi connectivity index (χ4n) is 1.85. The molecule has 0 aliphatic carbocycles. The molecule has 6 heteroatoms. The maximum Gasteiger partial charge on any atom is 0.158 e. The van der Waals surface area contributed by atoms with E-state index in [1.807, 2.05) is 13.0 Å². The Kier molecular flexibility index (Phi) is 5.45. The molecule has 0 bridgehead atoms. The highest BCUT2D eigenvalue weighted by atomic mass is 19.1. The van der Waals surface area contributed by atoms with Gasteiger partial charge in [-0.15, -0.1) is 0 Å².